The Hall–Kier alpha value is -3.81. The van der Waals surface area contributed by atoms with E-state index in [9.17, 15) is 20.1 Å². The first-order valence-electron chi connectivity index (χ1n) is 10.3. The monoisotopic (exact) mass is 433 g/mol. The van der Waals surface area contributed by atoms with E-state index in [-0.39, 0.29) is 17.1 Å². The number of rotatable bonds is 10. The van der Waals surface area contributed by atoms with Gasteiger partial charge in [0.15, 0.2) is 0 Å². The lowest BCUT2D eigenvalue weighted by Crippen LogP contribution is -2.24. The van der Waals surface area contributed by atoms with Crippen LogP contribution in [0.25, 0.3) is 6.08 Å². The number of phenols is 2. The molecular weight excluding hydrogens is 406 g/mol. The van der Waals surface area contributed by atoms with E-state index in [0.717, 1.165) is 23.2 Å². The highest BCUT2D eigenvalue weighted by Gasteiger charge is 2.13. The molecule has 0 bridgehead atoms. The van der Waals surface area contributed by atoms with Gasteiger partial charge in [-0.15, -0.1) is 0 Å². The largest absolute Gasteiger partial charge is 0.507 e. The van der Waals surface area contributed by atoms with Gasteiger partial charge in [-0.25, -0.2) is 0 Å². The number of carbonyl (C=O) groups excluding carboxylic acids is 1. The number of aromatic hydroxyl groups is 2. The van der Waals surface area contributed by atoms with Crippen molar-refractivity contribution in [2.75, 3.05) is 18.4 Å². The Morgan fingerprint density at radius 3 is 2.47 bits per heavy atom. The van der Waals surface area contributed by atoms with E-state index in [1.165, 1.54) is 12.1 Å². The van der Waals surface area contributed by atoms with Crippen molar-refractivity contribution >= 4 is 17.7 Å². The number of primary amides is 1. The summed E-state index contributed by atoms with van der Waals surface area (Å²) in [7, 11) is 0. The van der Waals surface area contributed by atoms with Gasteiger partial charge < -0.3 is 31.7 Å². The maximum atomic E-state index is 11.3. The van der Waals surface area contributed by atoms with E-state index in [0.29, 0.717) is 18.7 Å². The first-order valence-corrected chi connectivity index (χ1v) is 10.3. The van der Waals surface area contributed by atoms with Gasteiger partial charge in [0.05, 0.1) is 11.7 Å². The number of nitrogens with one attached hydrogen (secondary N) is 2. The number of nitrogens with two attached hydrogens (primary N) is 1. The molecule has 3 aromatic carbocycles. The molecule has 0 spiro atoms. The van der Waals surface area contributed by atoms with Gasteiger partial charge in [-0.2, -0.15) is 0 Å². The van der Waals surface area contributed by atoms with Gasteiger partial charge in [0.1, 0.15) is 11.5 Å². The first-order chi connectivity index (χ1) is 15.4. The van der Waals surface area contributed by atoms with Crippen LogP contribution >= 0.6 is 0 Å². The molecule has 0 saturated carbocycles. The van der Waals surface area contributed by atoms with Crippen LogP contribution in [0.2, 0.25) is 0 Å². The second-order valence-electron chi connectivity index (χ2n) is 7.34. The smallest absolute Gasteiger partial charge is 0.252 e. The number of hydrogen-bond acceptors (Lipinski definition) is 6. The lowest BCUT2D eigenvalue weighted by atomic mass is 10.0. The van der Waals surface area contributed by atoms with E-state index < -0.39 is 12.0 Å². The Morgan fingerprint density at radius 1 is 1.00 bits per heavy atom. The molecular formula is C25H27N3O4. The summed E-state index contributed by atoms with van der Waals surface area (Å²) >= 11 is 0. The van der Waals surface area contributed by atoms with Crippen molar-refractivity contribution in [3.63, 3.8) is 0 Å². The number of phenolic OH excluding ortho intramolecular Hbond substituents is 1. The van der Waals surface area contributed by atoms with E-state index in [4.69, 9.17) is 5.73 Å². The first kappa shape index (κ1) is 22.9. The maximum Gasteiger partial charge on any atom is 0.252 e. The van der Waals surface area contributed by atoms with Crippen molar-refractivity contribution in [3.8, 4) is 11.5 Å². The van der Waals surface area contributed by atoms with Gasteiger partial charge in [-0.1, -0.05) is 36.4 Å². The highest BCUT2D eigenvalue weighted by atomic mass is 16.3. The van der Waals surface area contributed by atoms with Gasteiger partial charge >= 0.3 is 0 Å². The van der Waals surface area contributed by atoms with Crippen LogP contribution in [0.1, 0.15) is 33.2 Å². The summed E-state index contributed by atoms with van der Waals surface area (Å²) < 4.78 is 0. The van der Waals surface area contributed by atoms with E-state index in [1.807, 2.05) is 36.4 Å². The van der Waals surface area contributed by atoms with Crippen molar-refractivity contribution in [2.45, 2.75) is 12.5 Å². The third-order valence-electron chi connectivity index (χ3n) is 5.00. The SMILES string of the molecule is NC(=O)c1cc([C@@H](O)CNCCc2ccc(NC=Cc3ccccc3O)cc2)ccc1O. The van der Waals surface area contributed by atoms with Crippen LogP contribution in [0.3, 0.4) is 0 Å². The lowest BCUT2D eigenvalue weighted by Gasteiger charge is -2.13. The Balaban J connectivity index is 1.43. The molecule has 1 amide bonds. The van der Waals surface area contributed by atoms with Crippen LogP contribution in [0, 0.1) is 0 Å². The van der Waals surface area contributed by atoms with Crippen molar-refractivity contribution in [1.29, 1.82) is 0 Å². The molecule has 7 N–H and O–H groups in total. The molecule has 166 valence electrons. The average molecular weight is 434 g/mol. The van der Waals surface area contributed by atoms with Crippen molar-refractivity contribution in [3.05, 3.63) is 95.2 Å². The summed E-state index contributed by atoms with van der Waals surface area (Å²) in [5, 5.41) is 36.1. The van der Waals surface area contributed by atoms with Gasteiger partial charge in [-0.3, -0.25) is 4.79 Å². The van der Waals surface area contributed by atoms with Crippen LogP contribution in [0.5, 0.6) is 11.5 Å². The summed E-state index contributed by atoms with van der Waals surface area (Å²) in [4.78, 5) is 11.3. The zero-order valence-corrected chi connectivity index (χ0v) is 17.5. The standard InChI is InChI=1S/C25H27N3O4/c26-25(32)21-15-19(7-10-23(21)30)24(31)16-27-13-11-17-5-8-20(9-6-17)28-14-12-18-3-1-2-4-22(18)29/h1-10,12,14-15,24,27-31H,11,13,16H2,(H2,26,32)/t24-/m0/s1. The highest BCUT2D eigenvalue weighted by molar-refractivity contribution is 5.95. The molecule has 0 aliphatic heterocycles. The number of hydrogen-bond donors (Lipinski definition) is 6. The van der Waals surface area contributed by atoms with Gasteiger partial charge in [-0.05, 0) is 60.5 Å². The third kappa shape index (κ3) is 6.34. The lowest BCUT2D eigenvalue weighted by molar-refractivity contribution is 0.0997. The molecule has 7 nitrogen and oxygen atoms in total. The minimum absolute atomic E-state index is 0.00864. The van der Waals surface area contributed by atoms with Gasteiger partial charge in [0.25, 0.3) is 5.91 Å². The van der Waals surface area contributed by atoms with E-state index in [2.05, 4.69) is 10.6 Å². The fourth-order valence-corrected chi connectivity index (χ4v) is 3.17. The second kappa shape index (κ2) is 11.0. The zero-order chi connectivity index (χ0) is 22.9. The van der Waals surface area contributed by atoms with E-state index in [1.54, 1.807) is 30.5 Å². The molecule has 7 heteroatoms. The molecule has 3 rings (SSSR count). The predicted octanol–water partition coefficient (Wildman–Crippen LogP) is 3.15. The Bertz CT molecular complexity index is 1080. The number of carbonyl (C=O) groups is 1. The summed E-state index contributed by atoms with van der Waals surface area (Å²) in [6.07, 6.45) is 3.54. The molecule has 3 aromatic rings. The number of anilines is 1. The molecule has 0 aliphatic rings. The average Bonchev–Trinajstić information content (AvgIpc) is 2.79. The van der Waals surface area contributed by atoms with Crippen LogP contribution in [0.4, 0.5) is 5.69 Å². The van der Waals surface area contributed by atoms with Crippen LogP contribution < -0.4 is 16.4 Å². The molecule has 0 saturated heterocycles. The summed E-state index contributed by atoms with van der Waals surface area (Å²) in [6.45, 7) is 0.970. The molecule has 0 radical (unpaired) electrons. The normalized spacial score (nSPS) is 12.0. The molecule has 0 heterocycles. The van der Waals surface area contributed by atoms with Gasteiger partial charge in [0, 0.05) is 24.0 Å². The van der Waals surface area contributed by atoms with Crippen molar-refractivity contribution < 1.29 is 20.1 Å². The minimum atomic E-state index is -0.823. The maximum absolute atomic E-state index is 11.3. The summed E-state index contributed by atoms with van der Waals surface area (Å²) in [6, 6.07) is 19.4. The Morgan fingerprint density at radius 2 is 1.75 bits per heavy atom. The number of amides is 1. The van der Waals surface area contributed by atoms with Gasteiger partial charge in [0.2, 0.25) is 0 Å². The van der Waals surface area contributed by atoms with Crippen molar-refractivity contribution in [1.82, 2.24) is 5.32 Å². The molecule has 32 heavy (non-hydrogen) atoms. The summed E-state index contributed by atoms with van der Waals surface area (Å²) in [5.74, 6) is -0.707. The zero-order valence-electron chi connectivity index (χ0n) is 17.5. The topological polar surface area (TPSA) is 128 Å². The fraction of sp³-hybridized carbons (Fsp3) is 0.160. The molecule has 0 fully saturated rings. The van der Waals surface area contributed by atoms with Crippen LogP contribution in [0.15, 0.2) is 72.9 Å². The van der Waals surface area contributed by atoms with Crippen molar-refractivity contribution in [2.24, 2.45) is 5.73 Å². The number of aliphatic hydroxyl groups is 1. The third-order valence-corrected chi connectivity index (χ3v) is 5.00. The molecule has 0 aromatic heterocycles. The minimum Gasteiger partial charge on any atom is -0.507 e. The summed E-state index contributed by atoms with van der Waals surface area (Å²) in [5.41, 5.74) is 8.54. The number of benzene rings is 3. The quantitative estimate of drug-likeness (QED) is 0.273. The van der Waals surface area contributed by atoms with Crippen LogP contribution in [-0.2, 0) is 6.42 Å². The predicted molar refractivity (Wildman–Crippen MR) is 125 cm³/mol. The fourth-order valence-electron chi connectivity index (χ4n) is 3.17. The number of aliphatic hydroxyl groups excluding tert-OH is 1. The molecule has 1 atom stereocenters. The number of para-hydroxylation sites is 1. The molecule has 0 unspecified atom stereocenters. The molecule has 0 aliphatic carbocycles. The van der Waals surface area contributed by atoms with E-state index >= 15 is 0 Å². The highest BCUT2D eigenvalue weighted by Crippen LogP contribution is 2.22. The Labute approximate surface area is 186 Å². The van der Waals surface area contributed by atoms with Crippen LogP contribution in [-0.4, -0.2) is 34.3 Å². The Kier molecular flexibility index (Phi) is 7.85. The second-order valence-corrected chi connectivity index (χ2v) is 7.34.